The second kappa shape index (κ2) is 11.9. The van der Waals surface area contributed by atoms with Gasteiger partial charge in [0, 0.05) is 21.0 Å². The number of H-pyrrole nitrogens is 1. The van der Waals surface area contributed by atoms with Crippen LogP contribution in [0.5, 0.6) is 5.75 Å². The van der Waals surface area contributed by atoms with Gasteiger partial charge in [-0.15, -0.1) is 0 Å². The molecular weight excluding hydrogens is 660 g/mol. The van der Waals surface area contributed by atoms with Gasteiger partial charge in [-0.1, -0.05) is 82.1 Å². The number of halogens is 3. The second-order valence-corrected chi connectivity index (χ2v) is 10.6. The second-order valence-electron chi connectivity index (χ2n) is 8.46. The van der Waals surface area contributed by atoms with Crippen molar-refractivity contribution in [2.24, 2.45) is 5.10 Å². The third-order valence-corrected chi connectivity index (χ3v) is 7.32. The molecule has 0 radical (unpaired) electrons. The van der Waals surface area contributed by atoms with Gasteiger partial charge in [-0.05, 0) is 51.8 Å². The summed E-state index contributed by atoms with van der Waals surface area (Å²) in [6.45, 7) is 0. The largest absolute Gasteiger partial charge is 0.421 e. The molecule has 5 rings (SSSR count). The highest BCUT2D eigenvalue weighted by Gasteiger charge is 2.21. The van der Waals surface area contributed by atoms with E-state index in [1.165, 1.54) is 6.21 Å². The van der Waals surface area contributed by atoms with E-state index in [0.717, 1.165) is 10.9 Å². The fraction of sp³-hybridized carbons (Fsp3) is 0. The van der Waals surface area contributed by atoms with Gasteiger partial charge in [0.2, 0.25) is 0 Å². The SMILES string of the molecule is N#Cc1cccc2c(-c3ccccc3)c(C(=O)NN=Cc3cc(Br)cc(Br)c3OC(=O)c3ccccc3Cl)[nH]c12. The van der Waals surface area contributed by atoms with Crippen LogP contribution in [0.1, 0.15) is 32.0 Å². The number of nitrogens with zero attached hydrogens (tertiary/aromatic N) is 2. The first-order valence-corrected chi connectivity index (χ1v) is 13.7. The van der Waals surface area contributed by atoms with Gasteiger partial charge >= 0.3 is 5.97 Å². The van der Waals surface area contributed by atoms with Gasteiger partial charge < -0.3 is 9.72 Å². The predicted octanol–water partition coefficient (Wildman–Crippen LogP) is 7.87. The predicted molar refractivity (Wildman–Crippen MR) is 162 cm³/mol. The molecule has 1 heterocycles. The molecule has 0 bridgehead atoms. The minimum Gasteiger partial charge on any atom is -0.421 e. The quantitative estimate of drug-likeness (QED) is 0.0826. The molecule has 10 heteroatoms. The number of benzene rings is 4. The summed E-state index contributed by atoms with van der Waals surface area (Å²) < 4.78 is 6.83. The Kier molecular flexibility index (Phi) is 8.12. The molecule has 2 N–H and O–H groups in total. The minimum atomic E-state index is -0.647. The molecule has 0 unspecified atom stereocenters. The average molecular weight is 677 g/mol. The normalized spacial score (nSPS) is 10.9. The zero-order valence-electron chi connectivity index (χ0n) is 20.4. The molecule has 0 aliphatic heterocycles. The number of esters is 1. The smallest absolute Gasteiger partial charge is 0.345 e. The van der Waals surface area contributed by atoms with Crippen LogP contribution in [0.15, 0.2) is 99.0 Å². The highest BCUT2D eigenvalue weighted by molar-refractivity contribution is 9.11. The van der Waals surface area contributed by atoms with Gasteiger partial charge in [0.15, 0.2) is 5.75 Å². The lowest BCUT2D eigenvalue weighted by Gasteiger charge is -2.11. The summed E-state index contributed by atoms with van der Waals surface area (Å²) >= 11 is 13.0. The average Bonchev–Trinajstić information content (AvgIpc) is 3.35. The minimum absolute atomic E-state index is 0.195. The molecule has 4 aromatic carbocycles. The molecule has 7 nitrogen and oxygen atoms in total. The van der Waals surface area contributed by atoms with Crippen LogP contribution in [0.25, 0.3) is 22.0 Å². The van der Waals surface area contributed by atoms with Crippen molar-refractivity contribution >= 4 is 72.5 Å². The Morgan fingerprint density at radius 1 is 1.00 bits per heavy atom. The van der Waals surface area contributed by atoms with Crippen LogP contribution in [-0.2, 0) is 0 Å². The monoisotopic (exact) mass is 674 g/mol. The molecule has 0 spiro atoms. The number of hydrazone groups is 1. The van der Waals surface area contributed by atoms with Gasteiger partial charge in [-0.25, -0.2) is 10.2 Å². The zero-order valence-corrected chi connectivity index (χ0v) is 24.3. The van der Waals surface area contributed by atoms with Crippen molar-refractivity contribution in [3.8, 4) is 22.9 Å². The lowest BCUT2D eigenvalue weighted by Crippen LogP contribution is -2.19. The maximum atomic E-state index is 13.4. The first kappa shape index (κ1) is 27.3. The fourth-order valence-corrected chi connectivity index (χ4v) is 5.71. The van der Waals surface area contributed by atoms with Crippen molar-refractivity contribution in [2.75, 3.05) is 0 Å². The van der Waals surface area contributed by atoms with Crippen LogP contribution in [0.4, 0.5) is 0 Å². The lowest BCUT2D eigenvalue weighted by atomic mass is 10.0. The number of rotatable bonds is 6. The van der Waals surface area contributed by atoms with E-state index < -0.39 is 11.9 Å². The molecule has 0 fully saturated rings. The number of hydrogen-bond acceptors (Lipinski definition) is 5. The standard InChI is InChI=1S/C30H17Br2ClN4O3/c31-20-13-19(28(23(32)14-20)40-30(39)21-10-4-5-12-24(21)33)16-35-37-29(38)27-25(17-7-2-1-3-8-17)22-11-6-9-18(15-34)26(22)36-27/h1-14,16,36H,(H,37,38). The van der Waals surface area contributed by atoms with E-state index in [4.69, 9.17) is 16.3 Å². The Bertz CT molecular complexity index is 1850. The number of aromatic nitrogens is 1. The number of ether oxygens (including phenoxy) is 1. The molecule has 0 atom stereocenters. The maximum absolute atomic E-state index is 13.4. The number of amides is 1. The van der Waals surface area contributed by atoms with Gasteiger partial charge in [0.05, 0.1) is 32.4 Å². The summed E-state index contributed by atoms with van der Waals surface area (Å²) in [5.74, 6) is -0.967. The Morgan fingerprint density at radius 2 is 1.75 bits per heavy atom. The van der Waals surface area contributed by atoms with Gasteiger partial charge in [-0.3, -0.25) is 4.79 Å². The van der Waals surface area contributed by atoms with Gasteiger partial charge in [0.1, 0.15) is 11.8 Å². The van der Waals surface area contributed by atoms with Crippen molar-refractivity contribution in [3.63, 3.8) is 0 Å². The van der Waals surface area contributed by atoms with Crippen LogP contribution < -0.4 is 10.2 Å². The van der Waals surface area contributed by atoms with Crippen LogP contribution >= 0.6 is 43.5 Å². The van der Waals surface area contributed by atoms with E-state index in [9.17, 15) is 14.9 Å². The van der Waals surface area contributed by atoms with E-state index >= 15 is 0 Å². The van der Waals surface area contributed by atoms with E-state index in [-0.39, 0.29) is 22.0 Å². The van der Waals surface area contributed by atoms with E-state index in [1.807, 2.05) is 36.4 Å². The van der Waals surface area contributed by atoms with Crippen LogP contribution in [0.2, 0.25) is 5.02 Å². The molecule has 0 saturated carbocycles. The zero-order chi connectivity index (χ0) is 28.2. The fourth-order valence-electron chi connectivity index (χ4n) is 4.16. The molecule has 40 heavy (non-hydrogen) atoms. The Balaban J connectivity index is 1.47. The highest BCUT2D eigenvalue weighted by atomic mass is 79.9. The third kappa shape index (κ3) is 5.56. The molecule has 196 valence electrons. The van der Waals surface area contributed by atoms with E-state index in [2.05, 4.69) is 53.4 Å². The van der Waals surface area contributed by atoms with Gasteiger partial charge in [-0.2, -0.15) is 10.4 Å². The van der Waals surface area contributed by atoms with Crippen LogP contribution in [0.3, 0.4) is 0 Å². The van der Waals surface area contributed by atoms with Crippen molar-refractivity contribution in [2.45, 2.75) is 0 Å². The van der Waals surface area contributed by atoms with Crippen molar-refractivity contribution in [1.29, 1.82) is 5.26 Å². The molecule has 1 aromatic heterocycles. The maximum Gasteiger partial charge on any atom is 0.345 e. The number of fused-ring (bicyclic) bond motifs is 1. The summed E-state index contributed by atoms with van der Waals surface area (Å²) in [6.07, 6.45) is 1.37. The summed E-state index contributed by atoms with van der Waals surface area (Å²) in [5.41, 5.74) is 5.85. The number of hydrogen-bond donors (Lipinski definition) is 2. The Hall–Kier alpha value is -4.23. The summed E-state index contributed by atoms with van der Waals surface area (Å²) in [5, 5.41) is 14.7. The topological polar surface area (TPSA) is 107 Å². The Labute approximate surface area is 250 Å². The van der Waals surface area contributed by atoms with Gasteiger partial charge in [0.25, 0.3) is 5.91 Å². The van der Waals surface area contributed by atoms with E-state index in [1.54, 1.807) is 48.5 Å². The molecule has 0 aliphatic rings. The third-order valence-electron chi connectivity index (χ3n) is 5.94. The van der Waals surface area contributed by atoms with Crippen molar-refractivity contribution < 1.29 is 14.3 Å². The molecular formula is C30H17Br2ClN4O3. The highest BCUT2D eigenvalue weighted by Crippen LogP contribution is 2.35. The number of carbonyl (C=O) groups excluding carboxylic acids is 2. The van der Waals surface area contributed by atoms with Crippen LogP contribution in [-0.4, -0.2) is 23.1 Å². The van der Waals surface area contributed by atoms with Crippen LogP contribution in [0, 0.1) is 11.3 Å². The molecule has 5 aromatic rings. The van der Waals surface area contributed by atoms with Crippen molar-refractivity contribution in [3.05, 3.63) is 121 Å². The molecule has 0 saturated heterocycles. The molecule has 1 amide bonds. The van der Waals surface area contributed by atoms with E-state index in [0.29, 0.717) is 31.2 Å². The Morgan fingerprint density at radius 3 is 2.50 bits per heavy atom. The number of nitrogens with one attached hydrogen (secondary N) is 2. The first-order chi connectivity index (χ1) is 19.4. The summed E-state index contributed by atoms with van der Waals surface area (Å²) in [4.78, 5) is 29.3. The summed E-state index contributed by atoms with van der Waals surface area (Å²) in [6, 6.07) is 26.9. The van der Waals surface area contributed by atoms with Crippen molar-refractivity contribution in [1.82, 2.24) is 10.4 Å². The number of carbonyl (C=O) groups is 2. The number of aromatic amines is 1. The molecule has 0 aliphatic carbocycles. The number of nitriles is 1. The number of para-hydroxylation sites is 1. The lowest BCUT2D eigenvalue weighted by molar-refractivity contribution is 0.0733. The first-order valence-electron chi connectivity index (χ1n) is 11.8. The summed E-state index contributed by atoms with van der Waals surface area (Å²) in [7, 11) is 0.